The van der Waals surface area contributed by atoms with Gasteiger partial charge in [0.1, 0.15) is 0 Å². The van der Waals surface area contributed by atoms with Gasteiger partial charge in [-0.15, -0.1) is 0 Å². The zero-order valence-electron chi connectivity index (χ0n) is 12.6. The van der Waals surface area contributed by atoms with E-state index in [0.717, 1.165) is 6.20 Å². The first-order valence-electron chi connectivity index (χ1n) is 6.98. The largest absolute Gasteiger partial charge is 0.285 e. The molecule has 1 fully saturated rings. The molecular weight excluding hydrogens is 316 g/mol. The molecule has 0 bridgehead atoms. The van der Waals surface area contributed by atoms with Crippen molar-refractivity contribution in [3.8, 4) is 0 Å². The van der Waals surface area contributed by atoms with Gasteiger partial charge in [-0.3, -0.25) is 9.48 Å². The van der Waals surface area contributed by atoms with E-state index in [9.17, 15) is 22.0 Å². The molecule has 1 heterocycles. The van der Waals surface area contributed by atoms with Gasteiger partial charge in [-0.2, -0.15) is 5.10 Å². The molecule has 1 amide bonds. The fourth-order valence-corrected chi connectivity index (χ4v) is 3.21. The summed E-state index contributed by atoms with van der Waals surface area (Å²) in [6, 6.07) is 0. The summed E-state index contributed by atoms with van der Waals surface area (Å²) in [7, 11) is -3.88. The number of carbonyl (C=O) groups is 1. The predicted octanol–water partition coefficient (Wildman–Crippen LogP) is 2.09. The van der Waals surface area contributed by atoms with Crippen LogP contribution in [0.4, 0.5) is 8.78 Å². The van der Waals surface area contributed by atoms with Gasteiger partial charge in [-0.25, -0.2) is 21.9 Å². The minimum absolute atomic E-state index is 0.149. The van der Waals surface area contributed by atoms with Crippen molar-refractivity contribution >= 4 is 15.9 Å². The highest BCUT2D eigenvalue weighted by molar-refractivity contribution is 7.91. The Balaban J connectivity index is 2.26. The van der Waals surface area contributed by atoms with Crippen LogP contribution in [0.5, 0.6) is 0 Å². The average Bonchev–Trinajstić information content (AvgIpc) is 2.98. The lowest BCUT2D eigenvalue weighted by Gasteiger charge is -2.11. The Morgan fingerprint density at radius 2 is 2.05 bits per heavy atom. The maximum Gasteiger partial charge on any atom is 0.285 e. The second-order valence-corrected chi connectivity index (χ2v) is 8.43. The van der Waals surface area contributed by atoms with Crippen molar-refractivity contribution in [2.24, 2.45) is 5.92 Å². The summed E-state index contributed by atoms with van der Waals surface area (Å²) in [4.78, 5) is 12.1. The predicted molar refractivity (Wildman–Crippen MR) is 76.0 cm³/mol. The van der Waals surface area contributed by atoms with E-state index in [0.29, 0.717) is 19.4 Å². The standard InChI is InChI=1S/C13H19F2N3O3S/c1-8(2)6-18-7-9(11(14)15)10(16-18)12(19)17-22(20,21)13(3)4-5-13/h7-8,11H,4-6H2,1-3H3,(H,17,19). The third kappa shape index (κ3) is 3.29. The van der Waals surface area contributed by atoms with E-state index in [1.165, 1.54) is 11.6 Å². The number of aromatic nitrogens is 2. The van der Waals surface area contributed by atoms with Crippen LogP contribution >= 0.6 is 0 Å². The summed E-state index contributed by atoms with van der Waals surface area (Å²) in [5.41, 5.74) is -1.10. The van der Waals surface area contributed by atoms with Crippen LogP contribution in [-0.4, -0.2) is 28.9 Å². The molecule has 1 aromatic heterocycles. The molecular formula is C13H19F2N3O3S. The van der Waals surface area contributed by atoms with Crippen LogP contribution in [0.3, 0.4) is 0 Å². The SMILES string of the molecule is CC(C)Cn1cc(C(F)F)c(C(=O)NS(=O)(=O)C2(C)CC2)n1. The molecule has 0 radical (unpaired) electrons. The minimum Gasteiger partial charge on any atom is -0.271 e. The van der Waals surface area contributed by atoms with Gasteiger partial charge in [0.25, 0.3) is 12.3 Å². The summed E-state index contributed by atoms with van der Waals surface area (Å²) >= 11 is 0. The van der Waals surface area contributed by atoms with E-state index < -0.39 is 38.4 Å². The lowest BCUT2D eigenvalue weighted by atomic mass is 10.2. The van der Waals surface area contributed by atoms with E-state index in [2.05, 4.69) is 5.10 Å². The highest BCUT2D eigenvalue weighted by Gasteiger charge is 2.51. The van der Waals surface area contributed by atoms with E-state index in [4.69, 9.17) is 0 Å². The van der Waals surface area contributed by atoms with Gasteiger partial charge in [0.05, 0.1) is 10.3 Å². The van der Waals surface area contributed by atoms with Crippen LogP contribution in [0, 0.1) is 5.92 Å². The molecule has 6 nitrogen and oxygen atoms in total. The fourth-order valence-electron chi connectivity index (χ4n) is 1.98. The van der Waals surface area contributed by atoms with E-state index >= 15 is 0 Å². The van der Waals surface area contributed by atoms with Gasteiger partial charge in [0.2, 0.25) is 10.0 Å². The molecule has 0 unspecified atom stereocenters. The van der Waals surface area contributed by atoms with Gasteiger partial charge >= 0.3 is 0 Å². The summed E-state index contributed by atoms with van der Waals surface area (Å²) in [6.07, 6.45) is -0.927. The second-order valence-electron chi connectivity index (χ2n) is 6.23. The van der Waals surface area contributed by atoms with Gasteiger partial charge in [0, 0.05) is 12.7 Å². The maximum atomic E-state index is 13.0. The summed E-state index contributed by atoms with van der Waals surface area (Å²) in [5.74, 6) is -0.957. The first-order valence-corrected chi connectivity index (χ1v) is 8.46. The summed E-state index contributed by atoms with van der Waals surface area (Å²) in [5, 5.41) is 3.82. The highest BCUT2D eigenvalue weighted by Crippen LogP contribution is 2.42. The zero-order valence-corrected chi connectivity index (χ0v) is 13.5. The molecule has 0 spiro atoms. The fraction of sp³-hybridized carbons (Fsp3) is 0.692. The molecule has 0 aromatic carbocycles. The molecule has 9 heteroatoms. The lowest BCUT2D eigenvalue weighted by Crippen LogP contribution is -2.38. The molecule has 22 heavy (non-hydrogen) atoms. The zero-order chi connectivity index (χ0) is 16.7. The number of nitrogens with one attached hydrogen (secondary N) is 1. The molecule has 0 saturated heterocycles. The number of carbonyl (C=O) groups excluding carboxylic acids is 1. The molecule has 124 valence electrons. The minimum atomic E-state index is -3.88. The van der Waals surface area contributed by atoms with Gasteiger partial charge in [-0.05, 0) is 25.7 Å². The first-order chi connectivity index (χ1) is 10.1. The van der Waals surface area contributed by atoms with Crippen LogP contribution < -0.4 is 4.72 Å². The summed E-state index contributed by atoms with van der Waals surface area (Å²) in [6.45, 7) is 5.62. The molecule has 2 rings (SSSR count). The van der Waals surface area contributed by atoms with Crippen LogP contribution in [0.2, 0.25) is 0 Å². The second kappa shape index (κ2) is 5.60. The molecule has 0 aliphatic heterocycles. The van der Waals surface area contributed by atoms with Crippen molar-refractivity contribution in [1.29, 1.82) is 0 Å². The third-order valence-electron chi connectivity index (χ3n) is 3.62. The Bertz CT molecular complexity index is 679. The van der Waals surface area contributed by atoms with Gasteiger partial charge in [-0.1, -0.05) is 13.8 Å². The molecule has 1 aliphatic carbocycles. The van der Waals surface area contributed by atoms with Gasteiger partial charge < -0.3 is 0 Å². The summed E-state index contributed by atoms with van der Waals surface area (Å²) < 4.78 is 52.2. The topological polar surface area (TPSA) is 81.1 Å². The Hall–Kier alpha value is -1.51. The van der Waals surface area contributed by atoms with Crippen molar-refractivity contribution < 1.29 is 22.0 Å². The first kappa shape index (κ1) is 16.9. The molecule has 1 aromatic rings. The number of hydrogen-bond acceptors (Lipinski definition) is 4. The lowest BCUT2D eigenvalue weighted by molar-refractivity contribution is 0.0961. The number of hydrogen-bond donors (Lipinski definition) is 1. The van der Waals surface area contributed by atoms with Crippen LogP contribution in [0.25, 0.3) is 0 Å². The number of alkyl halides is 2. The van der Waals surface area contributed by atoms with Crippen molar-refractivity contribution in [2.75, 3.05) is 0 Å². The van der Waals surface area contributed by atoms with Crippen molar-refractivity contribution in [2.45, 2.75) is 51.3 Å². The molecule has 0 atom stereocenters. The van der Waals surface area contributed by atoms with Crippen molar-refractivity contribution in [1.82, 2.24) is 14.5 Å². The van der Waals surface area contributed by atoms with Crippen LogP contribution in [0.15, 0.2) is 6.20 Å². The van der Waals surface area contributed by atoms with Gasteiger partial charge in [0.15, 0.2) is 5.69 Å². The normalized spacial score (nSPS) is 17.0. The Morgan fingerprint density at radius 3 is 2.50 bits per heavy atom. The van der Waals surface area contributed by atoms with E-state index in [1.807, 2.05) is 18.6 Å². The number of nitrogens with zero attached hydrogens (tertiary/aromatic N) is 2. The average molecular weight is 335 g/mol. The molecule has 1 aliphatic rings. The quantitative estimate of drug-likeness (QED) is 0.863. The molecule has 1 saturated carbocycles. The number of amides is 1. The Morgan fingerprint density at radius 1 is 1.45 bits per heavy atom. The Labute approximate surface area is 127 Å². The Kier molecular flexibility index (Phi) is 4.29. The van der Waals surface area contributed by atoms with E-state index in [1.54, 1.807) is 0 Å². The number of rotatable bonds is 6. The monoisotopic (exact) mass is 335 g/mol. The van der Waals surface area contributed by atoms with E-state index in [-0.39, 0.29) is 5.92 Å². The van der Waals surface area contributed by atoms with Crippen LogP contribution in [0.1, 0.15) is 56.1 Å². The van der Waals surface area contributed by atoms with Crippen molar-refractivity contribution in [3.05, 3.63) is 17.5 Å². The van der Waals surface area contributed by atoms with Crippen molar-refractivity contribution in [3.63, 3.8) is 0 Å². The maximum absolute atomic E-state index is 13.0. The smallest absolute Gasteiger partial charge is 0.271 e. The highest BCUT2D eigenvalue weighted by atomic mass is 32.2. The number of halogens is 2. The molecule has 1 N–H and O–H groups in total. The number of sulfonamides is 1. The van der Waals surface area contributed by atoms with Crippen LogP contribution in [-0.2, 0) is 16.6 Å². The third-order valence-corrected chi connectivity index (χ3v) is 5.78.